The number of hydrogen-bond donors (Lipinski definition) is 2. The van der Waals surface area contributed by atoms with Crippen molar-refractivity contribution in [2.45, 2.75) is 6.92 Å². The molecule has 2 aromatic heterocycles. The maximum Gasteiger partial charge on any atom is 0.250 e. The third kappa shape index (κ3) is 5.92. The van der Waals surface area contributed by atoms with Crippen molar-refractivity contribution < 1.29 is 13.6 Å². The number of carbonyl (C=O) groups is 1. The normalized spacial score (nSPS) is 11.3. The number of aromatic nitrogens is 1. The van der Waals surface area contributed by atoms with E-state index in [1.54, 1.807) is 48.5 Å². The first-order chi connectivity index (χ1) is 18.2. The summed E-state index contributed by atoms with van der Waals surface area (Å²) in [6.07, 6.45) is 2.90. The monoisotopic (exact) mass is 581 g/mol. The summed E-state index contributed by atoms with van der Waals surface area (Å²) >= 11 is 23.6. The van der Waals surface area contributed by atoms with Crippen molar-refractivity contribution >= 4 is 80.9 Å². The smallest absolute Gasteiger partial charge is 0.250 e. The first kappa shape index (κ1) is 26.0. The van der Waals surface area contributed by atoms with Gasteiger partial charge in [-0.05, 0) is 85.4 Å². The molecule has 2 N–H and O–H groups in total. The Labute approximate surface area is 238 Å². The molecule has 0 aliphatic carbocycles. The minimum atomic E-state index is -0.414. The highest BCUT2D eigenvalue weighted by molar-refractivity contribution is 7.80. The van der Waals surface area contributed by atoms with Gasteiger partial charge in [-0.15, -0.1) is 0 Å². The van der Waals surface area contributed by atoms with Crippen molar-refractivity contribution in [1.29, 1.82) is 0 Å². The minimum absolute atomic E-state index is 0.127. The Kier molecular flexibility index (Phi) is 7.53. The molecule has 0 spiro atoms. The van der Waals surface area contributed by atoms with Gasteiger partial charge >= 0.3 is 0 Å². The maximum atomic E-state index is 12.4. The zero-order chi connectivity index (χ0) is 26.8. The van der Waals surface area contributed by atoms with E-state index in [0.29, 0.717) is 54.8 Å². The van der Waals surface area contributed by atoms with Gasteiger partial charge < -0.3 is 14.2 Å². The van der Waals surface area contributed by atoms with Gasteiger partial charge in [0.1, 0.15) is 17.0 Å². The van der Waals surface area contributed by atoms with Gasteiger partial charge in [-0.25, -0.2) is 4.98 Å². The van der Waals surface area contributed by atoms with E-state index in [-0.39, 0.29) is 5.11 Å². The van der Waals surface area contributed by atoms with Crippen LogP contribution in [0.2, 0.25) is 15.1 Å². The minimum Gasteiger partial charge on any atom is -0.457 e. The average Bonchev–Trinajstić information content (AvgIpc) is 3.53. The molecule has 0 fully saturated rings. The molecule has 0 aliphatic rings. The van der Waals surface area contributed by atoms with Crippen LogP contribution in [0, 0.1) is 6.92 Å². The van der Waals surface area contributed by atoms with Crippen LogP contribution in [0.4, 0.5) is 5.69 Å². The number of rotatable bonds is 5. The summed E-state index contributed by atoms with van der Waals surface area (Å²) < 4.78 is 11.6. The zero-order valence-electron chi connectivity index (χ0n) is 19.7. The molecule has 6 nitrogen and oxygen atoms in total. The van der Waals surface area contributed by atoms with Crippen LogP contribution in [0.25, 0.3) is 40.0 Å². The van der Waals surface area contributed by atoms with E-state index < -0.39 is 5.91 Å². The molecule has 10 heteroatoms. The van der Waals surface area contributed by atoms with Gasteiger partial charge in [0.05, 0.1) is 10.0 Å². The second-order valence-corrected chi connectivity index (χ2v) is 9.90. The van der Waals surface area contributed by atoms with Crippen LogP contribution in [-0.4, -0.2) is 16.0 Å². The van der Waals surface area contributed by atoms with E-state index in [1.807, 2.05) is 31.2 Å². The van der Waals surface area contributed by atoms with Gasteiger partial charge in [-0.3, -0.25) is 10.1 Å². The van der Waals surface area contributed by atoms with Gasteiger partial charge in [0.2, 0.25) is 11.8 Å². The number of amides is 1. The first-order valence-corrected chi connectivity index (χ1v) is 12.8. The van der Waals surface area contributed by atoms with Crippen molar-refractivity contribution in [1.82, 2.24) is 10.3 Å². The van der Waals surface area contributed by atoms with Crippen LogP contribution >= 0.6 is 47.0 Å². The Hall–Kier alpha value is -3.62. The fraction of sp³-hybridized carbons (Fsp3) is 0.0357. The van der Waals surface area contributed by atoms with Gasteiger partial charge in [0, 0.05) is 27.9 Å². The summed E-state index contributed by atoms with van der Waals surface area (Å²) in [4.78, 5) is 16.9. The topological polar surface area (TPSA) is 80.3 Å². The highest BCUT2D eigenvalue weighted by Gasteiger charge is 2.12. The fourth-order valence-electron chi connectivity index (χ4n) is 3.58. The number of nitrogens with one attached hydrogen (secondary N) is 2. The molecule has 0 saturated carbocycles. The molecule has 3 aromatic carbocycles. The molecule has 2 heterocycles. The highest BCUT2D eigenvalue weighted by Crippen LogP contribution is 2.31. The quantitative estimate of drug-likeness (QED) is 0.160. The number of aryl methyl sites for hydroxylation is 1. The maximum absolute atomic E-state index is 12.4. The Bertz CT molecular complexity index is 1730. The standard InChI is InChI=1S/C28H18Cl3N3O3S/c1-15-2-3-16(12-21(15)30)24-10-6-19(36-24)7-11-26(35)34-28(38)32-18-5-9-25-23(14-18)33-27(37-25)17-4-8-20(29)22(31)13-17/h2-14H,1H3,(H2,32,34,35,38)/b11-7+. The third-order valence-electron chi connectivity index (χ3n) is 5.53. The average molecular weight is 583 g/mol. The lowest BCUT2D eigenvalue weighted by Crippen LogP contribution is -2.32. The van der Waals surface area contributed by atoms with Crippen LogP contribution in [0.5, 0.6) is 0 Å². The summed E-state index contributed by atoms with van der Waals surface area (Å²) in [6.45, 7) is 1.93. The van der Waals surface area contributed by atoms with E-state index >= 15 is 0 Å². The van der Waals surface area contributed by atoms with Crippen molar-refractivity contribution in [3.63, 3.8) is 0 Å². The van der Waals surface area contributed by atoms with E-state index in [0.717, 1.165) is 11.1 Å². The van der Waals surface area contributed by atoms with Gasteiger partial charge in [-0.1, -0.05) is 46.9 Å². The van der Waals surface area contributed by atoms with E-state index in [2.05, 4.69) is 15.6 Å². The Morgan fingerprint density at radius 1 is 0.895 bits per heavy atom. The van der Waals surface area contributed by atoms with Crippen molar-refractivity contribution in [3.8, 4) is 22.8 Å². The van der Waals surface area contributed by atoms with Crippen molar-refractivity contribution in [2.24, 2.45) is 0 Å². The summed E-state index contributed by atoms with van der Waals surface area (Å²) in [5.74, 6) is 1.15. The Balaban J connectivity index is 1.20. The molecule has 5 rings (SSSR count). The number of anilines is 1. The molecule has 0 aliphatic heterocycles. The third-order valence-corrected chi connectivity index (χ3v) is 6.88. The molecule has 0 radical (unpaired) electrons. The molecule has 38 heavy (non-hydrogen) atoms. The summed E-state index contributed by atoms with van der Waals surface area (Å²) in [5, 5.41) is 7.22. The first-order valence-electron chi connectivity index (χ1n) is 11.3. The number of fused-ring (bicyclic) bond motifs is 1. The Morgan fingerprint density at radius 2 is 1.68 bits per heavy atom. The summed E-state index contributed by atoms with van der Waals surface area (Å²) in [7, 11) is 0. The molecule has 0 atom stereocenters. The lowest BCUT2D eigenvalue weighted by molar-refractivity contribution is -0.115. The van der Waals surface area contributed by atoms with Gasteiger partial charge in [0.25, 0.3) is 0 Å². The predicted octanol–water partition coefficient (Wildman–Crippen LogP) is 8.55. The molecule has 0 unspecified atom stereocenters. The molecule has 190 valence electrons. The predicted molar refractivity (Wildman–Crippen MR) is 157 cm³/mol. The molecule has 1 amide bonds. The lowest BCUT2D eigenvalue weighted by atomic mass is 10.1. The highest BCUT2D eigenvalue weighted by atomic mass is 35.5. The van der Waals surface area contributed by atoms with Crippen LogP contribution in [0.15, 0.2) is 81.6 Å². The van der Waals surface area contributed by atoms with Gasteiger partial charge in [-0.2, -0.15) is 0 Å². The molecule has 5 aromatic rings. The molecule has 0 saturated heterocycles. The number of carbonyl (C=O) groups excluding carboxylic acids is 1. The second kappa shape index (κ2) is 11.0. The van der Waals surface area contributed by atoms with E-state index in [9.17, 15) is 4.79 Å². The number of thiocarbonyl (C=S) groups is 1. The van der Waals surface area contributed by atoms with Crippen molar-refractivity contribution in [3.05, 3.63) is 99.2 Å². The Morgan fingerprint density at radius 3 is 2.47 bits per heavy atom. The number of benzene rings is 3. The number of nitrogens with zero attached hydrogens (tertiary/aromatic N) is 1. The van der Waals surface area contributed by atoms with Crippen LogP contribution in [0.1, 0.15) is 11.3 Å². The van der Waals surface area contributed by atoms with Gasteiger partial charge in [0.15, 0.2) is 10.7 Å². The number of furan rings is 1. The molecular formula is C28H18Cl3N3O3S. The zero-order valence-corrected chi connectivity index (χ0v) is 22.8. The SMILES string of the molecule is Cc1ccc(-c2ccc(/C=C/C(=O)NC(=S)Nc3ccc4oc(-c5ccc(Cl)c(Cl)c5)nc4c3)o2)cc1Cl. The molecular weight excluding hydrogens is 565 g/mol. The van der Waals surface area contributed by atoms with E-state index in [1.165, 1.54) is 6.08 Å². The molecule has 0 bridgehead atoms. The number of hydrogen-bond acceptors (Lipinski definition) is 5. The summed E-state index contributed by atoms with van der Waals surface area (Å²) in [5.41, 5.74) is 4.36. The van der Waals surface area contributed by atoms with Crippen LogP contribution in [-0.2, 0) is 4.79 Å². The second-order valence-electron chi connectivity index (χ2n) is 8.27. The largest absolute Gasteiger partial charge is 0.457 e. The lowest BCUT2D eigenvalue weighted by Gasteiger charge is -2.07. The van der Waals surface area contributed by atoms with Crippen molar-refractivity contribution in [2.75, 3.05) is 5.32 Å². The van der Waals surface area contributed by atoms with Crippen LogP contribution < -0.4 is 10.6 Å². The summed E-state index contributed by atoms with van der Waals surface area (Å²) in [6, 6.07) is 19.7. The van der Waals surface area contributed by atoms with E-state index in [4.69, 9.17) is 55.9 Å². The number of oxazole rings is 1. The van der Waals surface area contributed by atoms with Crippen LogP contribution in [0.3, 0.4) is 0 Å². The number of halogens is 3. The fourth-order valence-corrected chi connectivity index (χ4v) is 4.27.